The number of aryl methyl sites for hydroxylation is 1. The first-order chi connectivity index (χ1) is 12.3. The Kier molecular flexibility index (Phi) is 4.16. The van der Waals surface area contributed by atoms with Gasteiger partial charge in [0.05, 0.1) is 10.3 Å². The van der Waals surface area contributed by atoms with Crippen molar-refractivity contribution in [1.82, 2.24) is 4.31 Å². The summed E-state index contributed by atoms with van der Waals surface area (Å²) in [7, 11) is -3.53. The molecule has 5 heteroatoms. The highest BCUT2D eigenvalue weighted by molar-refractivity contribution is 7.89. The number of ketones is 1. The number of carbonyl (C=O) groups excluding carboxylic acids is 1. The Labute approximate surface area is 156 Å². The second kappa shape index (κ2) is 6.03. The molecule has 0 unspecified atom stereocenters. The van der Waals surface area contributed by atoms with Crippen molar-refractivity contribution >= 4 is 15.8 Å². The minimum absolute atomic E-state index is 0.269. The van der Waals surface area contributed by atoms with Crippen molar-refractivity contribution in [3.05, 3.63) is 41.5 Å². The van der Waals surface area contributed by atoms with Crippen molar-refractivity contribution in [3.8, 4) is 0 Å². The van der Waals surface area contributed by atoms with Gasteiger partial charge < -0.3 is 0 Å². The Hall–Kier alpha value is -1.46. The molecule has 4 rings (SSSR count). The molecule has 1 aromatic rings. The lowest BCUT2D eigenvalue weighted by atomic mass is 9.73. The van der Waals surface area contributed by atoms with Gasteiger partial charge in [0.1, 0.15) is 5.78 Å². The Bertz CT molecular complexity index is 871. The number of hydrogen-bond donors (Lipinski definition) is 0. The maximum Gasteiger partial charge on any atom is 0.243 e. The molecule has 140 valence electrons. The van der Waals surface area contributed by atoms with Crippen LogP contribution in [0.4, 0.5) is 0 Å². The van der Waals surface area contributed by atoms with Gasteiger partial charge in [-0.2, -0.15) is 4.31 Å². The predicted octanol–water partition coefficient (Wildman–Crippen LogP) is 3.86. The smallest absolute Gasteiger partial charge is 0.243 e. The van der Waals surface area contributed by atoms with Gasteiger partial charge in [-0.3, -0.25) is 4.79 Å². The highest BCUT2D eigenvalue weighted by Crippen LogP contribution is 2.57. The van der Waals surface area contributed by atoms with E-state index in [9.17, 15) is 13.2 Å². The van der Waals surface area contributed by atoms with E-state index in [1.807, 2.05) is 19.1 Å². The third kappa shape index (κ3) is 2.76. The first-order valence-electron chi connectivity index (χ1n) is 9.55. The van der Waals surface area contributed by atoms with Gasteiger partial charge in [0, 0.05) is 19.5 Å². The molecule has 0 spiro atoms. The van der Waals surface area contributed by atoms with Crippen LogP contribution in [0.1, 0.15) is 51.0 Å². The first kappa shape index (κ1) is 17.9. The lowest BCUT2D eigenvalue weighted by molar-refractivity contribution is -0.125. The van der Waals surface area contributed by atoms with E-state index in [1.165, 1.54) is 5.57 Å². The van der Waals surface area contributed by atoms with E-state index in [0.29, 0.717) is 36.6 Å². The monoisotopic (exact) mass is 373 g/mol. The molecule has 1 saturated heterocycles. The molecule has 2 aliphatic carbocycles. The second-order valence-corrected chi connectivity index (χ2v) is 10.6. The zero-order valence-electron chi connectivity index (χ0n) is 15.6. The maximum absolute atomic E-state index is 13.2. The van der Waals surface area contributed by atoms with E-state index in [2.05, 4.69) is 13.0 Å². The largest absolute Gasteiger partial charge is 0.299 e. The number of benzene rings is 1. The summed E-state index contributed by atoms with van der Waals surface area (Å²) in [6, 6.07) is 7.06. The third-order valence-electron chi connectivity index (χ3n) is 6.51. The quantitative estimate of drug-likeness (QED) is 0.756. The van der Waals surface area contributed by atoms with Crippen LogP contribution < -0.4 is 0 Å². The SMILES string of the molecule is Cc1ccc(S(=O)(=O)N2CC[C@]3(C4=CCCC4)C[C@@](C)(CC3=O)C2)cc1. The summed E-state index contributed by atoms with van der Waals surface area (Å²) in [4.78, 5) is 13.3. The molecule has 26 heavy (non-hydrogen) atoms. The lowest BCUT2D eigenvalue weighted by Gasteiger charge is -2.30. The normalized spacial score (nSPS) is 32.5. The van der Waals surface area contributed by atoms with Crippen molar-refractivity contribution in [2.75, 3.05) is 13.1 Å². The van der Waals surface area contributed by atoms with Gasteiger partial charge in [-0.15, -0.1) is 0 Å². The highest BCUT2D eigenvalue weighted by Gasteiger charge is 2.57. The van der Waals surface area contributed by atoms with Crippen LogP contribution in [0, 0.1) is 17.8 Å². The molecule has 0 radical (unpaired) electrons. The molecule has 1 saturated carbocycles. The molecule has 1 aromatic carbocycles. The number of fused-ring (bicyclic) bond motifs is 2. The lowest BCUT2D eigenvalue weighted by Crippen LogP contribution is -2.40. The average Bonchev–Trinajstić information content (AvgIpc) is 3.15. The van der Waals surface area contributed by atoms with Crippen molar-refractivity contribution in [2.24, 2.45) is 10.8 Å². The van der Waals surface area contributed by atoms with Crippen molar-refractivity contribution in [1.29, 1.82) is 0 Å². The average molecular weight is 374 g/mol. The molecule has 2 atom stereocenters. The number of hydrogen-bond acceptors (Lipinski definition) is 3. The number of nitrogens with zero attached hydrogens (tertiary/aromatic N) is 1. The van der Waals surface area contributed by atoms with Crippen molar-refractivity contribution in [2.45, 2.75) is 57.3 Å². The topological polar surface area (TPSA) is 54.5 Å². The number of sulfonamides is 1. The van der Waals surface area contributed by atoms with Crippen LogP contribution in [0.25, 0.3) is 0 Å². The summed E-state index contributed by atoms with van der Waals surface area (Å²) in [6.07, 6.45) is 7.31. The molecule has 4 nitrogen and oxygen atoms in total. The van der Waals surface area contributed by atoms with Crippen molar-refractivity contribution in [3.63, 3.8) is 0 Å². The van der Waals surface area contributed by atoms with E-state index in [1.54, 1.807) is 16.4 Å². The van der Waals surface area contributed by atoms with E-state index in [-0.39, 0.29) is 5.41 Å². The van der Waals surface area contributed by atoms with Gasteiger partial charge in [-0.25, -0.2) is 8.42 Å². The molecule has 1 heterocycles. The Morgan fingerprint density at radius 3 is 2.54 bits per heavy atom. The van der Waals surface area contributed by atoms with E-state index >= 15 is 0 Å². The van der Waals surface area contributed by atoms with Crippen LogP contribution in [0.5, 0.6) is 0 Å². The zero-order chi connectivity index (χ0) is 18.6. The Balaban J connectivity index is 1.68. The van der Waals surface area contributed by atoms with Gasteiger partial charge in [0.2, 0.25) is 10.0 Å². The third-order valence-corrected chi connectivity index (χ3v) is 8.37. The molecular weight excluding hydrogens is 346 g/mol. The van der Waals surface area contributed by atoms with Gasteiger partial charge in [0.25, 0.3) is 0 Å². The molecule has 3 aliphatic rings. The fourth-order valence-electron chi connectivity index (χ4n) is 5.23. The molecular formula is C21H27NO3S. The minimum Gasteiger partial charge on any atom is -0.299 e. The van der Waals surface area contributed by atoms with E-state index < -0.39 is 15.4 Å². The molecule has 0 aromatic heterocycles. The zero-order valence-corrected chi connectivity index (χ0v) is 16.4. The predicted molar refractivity (Wildman–Crippen MR) is 101 cm³/mol. The molecule has 1 aliphatic heterocycles. The summed E-state index contributed by atoms with van der Waals surface area (Å²) in [5.41, 5.74) is 1.64. The number of Topliss-reactive ketones (excluding diaryl/α,β-unsaturated/α-hetero) is 1. The number of carbonyl (C=O) groups is 1. The Morgan fingerprint density at radius 2 is 1.88 bits per heavy atom. The van der Waals surface area contributed by atoms with Crippen LogP contribution in [-0.2, 0) is 14.8 Å². The molecule has 0 N–H and O–H groups in total. The molecule has 2 bridgehead atoms. The fourth-order valence-corrected chi connectivity index (χ4v) is 6.82. The van der Waals surface area contributed by atoms with Crippen molar-refractivity contribution < 1.29 is 13.2 Å². The number of rotatable bonds is 3. The highest BCUT2D eigenvalue weighted by atomic mass is 32.2. The van der Waals surface area contributed by atoms with Gasteiger partial charge >= 0.3 is 0 Å². The second-order valence-electron chi connectivity index (χ2n) is 8.69. The minimum atomic E-state index is -3.53. The van der Waals surface area contributed by atoms with Crippen LogP contribution >= 0.6 is 0 Å². The molecule has 0 amide bonds. The van der Waals surface area contributed by atoms with Crippen LogP contribution in [0.15, 0.2) is 40.8 Å². The summed E-state index contributed by atoms with van der Waals surface area (Å²) >= 11 is 0. The van der Waals surface area contributed by atoms with Crippen LogP contribution in [0.2, 0.25) is 0 Å². The molecule has 2 fully saturated rings. The van der Waals surface area contributed by atoms with Gasteiger partial charge in [-0.05, 0) is 56.6 Å². The van der Waals surface area contributed by atoms with Gasteiger partial charge in [0.15, 0.2) is 0 Å². The summed E-state index contributed by atoms with van der Waals surface area (Å²) in [5.74, 6) is 0.334. The summed E-state index contributed by atoms with van der Waals surface area (Å²) in [5, 5.41) is 0. The summed E-state index contributed by atoms with van der Waals surface area (Å²) in [6.45, 7) is 4.90. The Morgan fingerprint density at radius 1 is 1.15 bits per heavy atom. The summed E-state index contributed by atoms with van der Waals surface area (Å²) < 4.78 is 28.0. The van der Waals surface area contributed by atoms with Gasteiger partial charge in [-0.1, -0.05) is 36.3 Å². The number of allylic oxidation sites excluding steroid dienone is 2. The standard InChI is InChI=1S/C21H27NO3S/c1-16-7-9-18(10-8-16)26(24,25)22-12-11-21(17-5-3-4-6-17)14-20(2,15-22)13-19(21)23/h5,7-10H,3-4,6,11-15H2,1-2H3/t20-,21-/m1/s1. The van der Waals surface area contributed by atoms with E-state index in [4.69, 9.17) is 0 Å². The van der Waals surface area contributed by atoms with Crippen LogP contribution in [0.3, 0.4) is 0 Å². The van der Waals surface area contributed by atoms with E-state index in [0.717, 1.165) is 31.2 Å². The fraction of sp³-hybridized carbons (Fsp3) is 0.571. The van der Waals surface area contributed by atoms with Crippen LogP contribution in [-0.4, -0.2) is 31.6 Å². The maximum atomic E-state index is 13.2. The first-order valence-corrected chi connectivity index (χ1v) is 11.0.